The van der Waals surface area contributed by atoms with E-state index in [-0.39, 0.29) is 11.8 Å². The van der Waals surface area contributed by atoms with Gasteiger partial charge < -0.3 is 10.2 Å². The first-order valence-corrected chi connectivity index (χ1v) is 14.2. The number of nitrogens with zero attached hydrogens (tertiary/aromatic N) is 2. The quantitative estimate of drug-likeness (QED) is 0.290. The third-order valence-corrected chi connectivity index (χ3v) is 9.12. The van der Waals surface area contributed by atoms with E-state index in [1.807, 2.05) is 47.0 Å². The van der Waals surface area contributed by atoms with E-state index in [4.69, 9.17) is 4.98 Å². The van der Waals surface area contributed by atoms with Gasteiger partial charge in [0, 0.05) is 34.1 Å². The van der Waals surface area contributed by atoms with Crippen LogP contribution in [0.4, 0.5) is 5.00 Å². The van der Waals surface area contributed by atoms with E-state index in [9.17, 15) is 9.59 Å². The maximum absolute atomic E-state index is 13.1. The van der Waals surface area contributed by atoms with Gasteiger partial charge >= 0.3 is 0 Å². The van der Waals surface area contributed by atoms with Crippen LogP contribution in [0.2, 0.25) is 0 Å². The van der Waals surface area contributed by atoms with E-state index in [1.54, 1.807) is 29.6 Å². The summed E-state index contributed by atoms with van der Waals surface area (Å²) in [5, 5.41) is 5.46. The highest BCUT2D eigenvalue weighted by molar-refractivity contribution is 7.99. The van der Waals surface area contributed by atoms with Gasteiger partial charge in [-0.1, -0.05) is 38.1 Å². The lowest BCUT2D eigenvalue weighted by atomic mass is 10.0. The van der Waals surface area contributed by atoms with Crippen molar-refractivity contribution in [2.75, 3.05) is 11.9 Å². The van der Waals surface area contributed by atoms with E-state index in [0.29, 0.717) is 24.8 Å². The third kappa shape index (κ3) is 5.29. The smallest absolute Gasteiger partial charge is 0.229 e. The number of rotatable bonds is 6. The number of nitrogens with one attached hydrogen (secondary N) is 1. The summed E-state index contributed by atoms with van der Waals surface area (Å²) in [7, 11) is 0. The molecule has 0 unspecified atom stereocenters. The molecule has 1 N–H and O–H groups in total. The minimum Gasteiger partial charge on any atom is -0.337 e. The number of thiazole rings is 1. The zero-order valence-electron chi connectivity index (χ0n) is 20.0. The molecule has 0 saturated carbocycles. The van der Waals surface area contributed by atoms with Crippen molar-refractivity contribution in [3.05, 3.63) is 64.5 Å². The lowest BCUT2D eigenvalue weighted by Gasteiger charge is -2.26. The molecule has 1 aliphatic heterocycles. The molecule has 2 amide bonds. The molecule has 4 aromatic rings. The molecule has 0 spiro atoms. The fraction of sp³-hybridized carbons (Fsp3) is 0.296. The SMILES string of the molecule is CC(=O)N1CCc2c(sc(NC(=O)Cc3ccc(SC(C)C)cc3)c2-c2nc3ccccc3s2)C1. The summed E-state index contributed by atoms with van der Waals surface area (Å²) < 4.78 is 1.13. The van der Waals surface area contributed by atoms with Gasteiger partial charge in [-0.15, -0.1) is 34.4 Å². The van der Waals surface area contributed by atoms with Crippen molar-refractivity contribution in [3.8, 4) is 10.6 Å². The number of thiophene rings is 1. The Morgan fingerprint density at radius 1 is 1.11 bits per heavy atom. The Hall–Kier alpha value is -2.68. The predicted octanol–water partition coefficient (Wildman–Crippen LogP) is 6.61. The number of hydrogen-bond donors (Lipinski definition) is 1. The molecule has 1 aliphatic rings. The highest BCUT2D eigenvalue weighted by Crippen LogP contribution is 2.45. The van der Waals surface area contributed by atoms with Crippen LogP contribution in [0, 0.1) is 0 Å². The molecule has 5 nitrogen and oxygen atoms in total. The zero-order valence-corrected chi connectivity index (χ0v) is 22.4. The van der Waals surface area contributed by atoms with Crippen molar-refractivity contribution in [1.82, 2.24) is 9.88 Å². The fourth-order valence-electron chi connectivity index (χ4n) is 4.28. The Balaban J connectivity index is 1.43. The normalized spacial score (nSPS) is 13.3. The average Bonchev–Trinajstić information content (AvgIpc) is 3.39. The molecule has 2 aromatic heterocycles. The monoisotopic (exact) mass is 521 g/mol. The van der Waals surface area contributed by atoms with E-state index in [2.05, 4.69) is 37.4 Å². The third-order valence-electron chi connectivity index (χ3n) is 5.92. The van der Waals surface area contributed by atoms with Gasteiger partial charge in [0.1, 0.15) is 10.0 Å². The van der Waals surface area contributed by atoms with E-state index in [0.717, 1.165) is 42.7 Å². The first-order chi connectivity index (χ1) is 16.9. The molecule has 0 fully saturated rings. The molecule has 0 radical (unpaired) electrons. The van der Waals surface area contributed by atoms with Crippen LogP contribution in [0.15, 0.2) is 53.4 Å². The van der Waals surface area contributed by atoms with Crippen LogP contribution in [0.1, 0.15) is 36.8 Å². The highest BCUT2D eigenvalue weighted by Gasteiger charge is 2.28. The molecule has 0 atom stereocenters. The Morgan fingerprint density at radius 3 is 2.60 bits per heavy atom. The molecule has 5 rings (SSSR count). The van der Waals surface area contributed by atoms with Gasteiger partial charge in [-0.25, -0.2) is 4.98 Å². The summed E-state index contributed by atoms with van der Waals surface area (Å²) in [6.45, 7) is 7.22. The first-order valence-electron chi connectivity index (χ1n) is 11.7. The molecular formula is C27H27N3O2S3. The van der Waals surface area contributed by atoms with Gasteiger partial charge in [0.05, 0.1) is 23.2 Å². The first kappa shape index (κ1) is 24.0. The molecule has 180 valence electrons. The number of para-hydroxylation sites is 1. The second kappa shape index (κ2) is 10.1. The zero-order chi connectivity index (χ0) is 24.5. The number of benzene rings is 2. The van der Waals surface area contributed by atoms with Crippen LogP contribution in [0.3, 0.4) is 0 Å². The largest absolute Gasteiger partial charge is 0.337 e. The van der Waals surface area contributed by atoms with E-state index >= 15 is 0 Å². The molecule has 8 heteroatoms. The second-order valence-electron chi connectivity index (χ2n) is 8.92. The minimum absolute atomic E-state index is 0.0429. The van der Waals surface area contributed by atoms with Crippen molar-refractivity contribution in [3.63, 3.8) is 0 Å². The predicted molar refractivity (Wildman–Crippen MR) is 147 cm³/mol. The number of hydrogen-bond acceptors (Lipinski definition) is 6. The van der Waals surface area contributed by atoms with Crippen LogP contribution < -0.4 is 5.32 Å². The maximum atomic E-state index is 13.1. The summed E-state index contributed by atoms with van der Waals surface area (Å²) in [5.41, 5.74) is 4.18. The van der Waals surface area contributed by atoms with Gasteiger partial charge in [-0.3, -0.25) is 9.59 Å². The van der Waals surface area contributed by atoms with Gasteiger partial charge in [0.15, 0.2) is 0 Å². The van der Waals surface area contributed by atoms with Crippen LogP contribution in [0.5, 0.6) is 0 Å². The second-order valence-corrected chi connectivity index (χ2v) is 12.7. The van der Waals surface area contributed by atoms with Crippen molar-refractivity contribution in [2.45, 2.75) is 50.3 Å². The van der Waals surface area contributed by atoms with Crippen molar-refractivity contribution < 1.29 is 9.59 Å². The maximum Gasteiger partial charge on any atom is 0.229 e. The fourth-order valence-corrected chi connectivity index (χ4v) is 7.51. The average molecular weight is 522 g/mol. The number of thioether (sulfide) groups is 1. The number of anilines is 1. The van der Waals surface area contributed by atoms with E-state index in [1.165, 1.54) is 10.5 Å². The molecule has 0 saturated heterocycles. The van der Waals surface area contributed by atoms with Crippen LogP contribution >= 0.6 is 34.4 Å². The van der Waals surface area contributed by atoms with Crippen molar-refractivity contribution in [1.29, 1.82) is 0 Å². The topological polar surface area (TPSA) is 62.3 Å². The Bertz CT molecular complexity index is 1360. The summed E-state index contributed by atoms with van der Waals surface area (Å²) >= 11 is 5.04. The van der Waals surface area contributed by atoms with Crippen LogP contribution in [-0.4, -0.2) is 33.5 Å². The number of carbonyl (C=O) groups excluding carboxylic acids is 2. The molecule has 0 bridgehead atoms. The van der Waals surface area contributed by atoms with Gasteiger partial charge in [-0.05, 0) is 41.8 Å². The number of aromatic nitrogens is 1. The summed E-state index contributed by atoms with van der Waals surface area (Å²) in [4.78, 5) is 34.2. The van der Waals surface area contributed by atoms with Gasteiger partial charge in [-0.2, -0.15) is 0 Å². The lowest BCUT2D eigenvalue weighted by Crippen LogP contribution is -2.33. The summed E-state index contributed by atoms with van der Waals surface area (Å²) in [5.74, 6) is 0.0360. The molecule has 3 heterocycles. The number of amides is 2. The highest BCUT2D eigenvalue weighted by atomic mass is 32.2. The van der Waals surface area contributed by atoms with Crippen molar-refractivity contribution >= 4 is 61.5 Å². The molecule has 0 aliphatic carbocycles. The number of carbonyl (C=O) groups is 2. The standard InChI is InChI=1S/C27H27N3O2S3/c1-16(2)33-19-10-8-18(9-11-19)14-24(32)29-27-25(26-28-21-6-4-5-7-22(21)34-26)20-12-13-30(17(3)31)15-23(20)35-27/h4-11,16H,12-15H2,1-3H3,(H,29,32). The number of fused-ring (bicyclic) bond motifs is 2. The lowest BCUT2D eigenvalue weighted by molar-refractivity contribution is -0.129. The summed E-state index contributed by atoms with van der Waals surface area (Å²) in [6, 6.07) is 16.3. The van der Waals surface area contributed by atoms with Crippen molar-refractivity contribution in [2.24, 2.45) is 0 Å². The Kier molecular flexibility index (Phi) is 6.95. The van der Waals surface area contributed by atoms with Gasteiger partial charge in [0.25, 0.3) is 0 Å². The molecular weight excluding hydrogens is 495 g/mol. The van der Waals surface area contributed by atoms with E-state index < -0.39 is 0 Å². The molecule has 35 heavy (non-hydrogen) atoms. The minimum atomic E-state index is -0.0429. The Labute approximate surface area is 217 Å². The summed E-state index contributed by atoms with van der Waals surface area (Å²) in [6.07, 6.45) is 1.08. The van der Waals surface area contributed by atoms with Gasteiger partial charge in [0.2, 0.25) is 11.8 Å². The van der Waals surface area contributed by atoms with Crippen LogP contribution in [0.25, 0.3) is 20.8 Å². The molecule has 2 aromatic carbocycles. The van der Waals surface area contributed by atoms with Crippen LogP contribution in [-0.2, 0) is 29.0 Å². The Morgan fingerprint density at radius 2 is 1.89 bits per heavy atom.